The van der Waals surface area contributed by atoms with Crippen LogP contribution in [0.2, 0.25) is 0 Å². The molecule has 0 aliphatic heterocycles. The number of rotatable bonds is 5. The maximum Gasteiger partial charge on any atom is 0.285 e. The highest BCUT2D eigenvalue weighted by Crippen LogP contribution is 2.35. The van der Waals surface area contributed by atoms with E-state index in [2.05, 4.69) is 31.1 Å². The van der Waals surface area contributed by atoms with Crippen LogP contribution >= 0.6 is 15.9 Å². The van der Waals surface area contributed by atoms with Crippen molar-refractivity contribution < 1.29 is 18.3 Å². The van der Waals surface area contributed by atoms with Gasteiger partial charge in [0.05, 0.1) is 17.5 Å². The van der Waals surface area contributed by atoms with Gasteiger partial charge in [-0.3, -0.25) is 9.10 Å². The number of para-hydroxylation sites is 1. The fourth-order valence-electron chi connectivity index (χ4n) is 2.48. The number of H-pyrrole nitrogens is 1. The Balaban J connectivity index is 1.85. The highest BCUT2D eigenvalue weighted by atomic mass is 79.9. The van der Waals surface area contributed by atoms with Crippen LogP contribution in [0.15, 0.2) is 63.2 Å². The predicted octanol–water partition coefficient (Wildman–Crippen LogP) is 3.71. The molecule has 0 aliphatic rings. The van der Waals surface area contributed by atoms with Gasteiger partial charge in [0, 0.05) is 9.86 Å². The van der Waals surface area contributed by atoms with Crippen LogP contribution < -0.4 is 4.31 Å². The maximum atomic E-state index is 12.2. The van der Waals surface area contributed by atoms with Crippen LogP contribution in [0.25, 0.3) is 10.9 Å². The van der Waals surface area contributed by atoms with Crippen molar-refractivity contribution in [2.45, 2.75) is 0 Å². The molecular formula is C17H15BrN4O4S. The minimum atomic E-state index is -3.70. The number of amides is 1. The Kier molecular flexibility index (Phi) is 5.29. The summed E-state index contributed by atoms with van der Waals surface area (Å²) in [7, 11) is -3.70. The van der Waals surface area contributed by atoms with Gasteiger partial charge in [-0.25, -0.2) is 8.42 Å². The molecule has 1 amide bonds. The fourth-order valence-corrected chi connectivity index (χ4v) is 3.60. The zero-order valence-electron chi connectivity index (χ0n) is 14.1. The predicted molar refractivity (Wildman–Crippen MR) is 106 cm³/mol. The van der Waals surface area contributed by atoms with Crippen molar-refractivity contribution in [2.75, 3.05) is 17.1 Å². The summed E-state index contributed by atoms with van der Waals surface area (Å²) >= 11 is 3.27. The number of fused-ring (bicyclic) bond motifs is 1. The van der Waals surface area contributed by atoms with Gasteiger partial charge < -0.3 is 10.1 Å². The number of azo groups is 1. The molecule has 2 N–H and O–H groups in total. The van der Waals surface area contributed by atoms with E-state index in [1.165, 1.54) is 0 Å². The minimum absolute atomic E-state index is 0.119. The molecule has 1 aromatic heterocycles. The molecule has 0 radical (unpaired) electrons. The molecule has 0 bridgehead atoms. The number of aromatic amines is 1. The van der Waals surface area contributed by atoms with E-state index in [0.717, 1.165) is 15.0 Å². The molecule has 0 aliphatic carbocycles. The smallest absolute Gasteiger partial charge is 0.285 e. The number of nitrogens with zero attached hydrogens (tertiary/aromatic N) is 3. The highest BCUT2D eigenvalue weighted by molar-refractivity contribution is 9.10. The second-order valence-corrected chi connectivity index (χ2v) is 8.53. The van der Waals surface area contributed by atoms with Gasteiger partial charge in [-0.2, -0.15) is 0 Å². The topological polar surface area (TPSA) is 115 Å². The molecule has 3 aromatic rings. The average Bonchev–Trinajstić information content (AvgIpc) is 2.93. The Morgan fingerprint density at radius 1 is 1.19 bits per heavy atom. The summed E-state index contributed by atoms with van der Waals surface area (Å²) in [5.41, 5.74) is 1.09. The summed E-state index contributed by atoms with van der Waals surface area (Å²) in [6, 6.07) is 13.5. The summed E-state index contributed by atoms with van der Waals surface area (Å²) < 4.78 is 25.8. The molecule has 1 heterocycles. The molecule has 0 saturated carbocycles. The van der Waals surface area contributed by atoms with Crippen molar-refractivity contribution >= 4 is 54.1 Å². The molecule has 140 valence electrons. The normalized spacial score (nSPS) is 11.9. The van der Waals surface area contributed by atoms with E-state index in [4.69, 9.17) is 0 Å². The third kappa shape index (κ3) is 4.34. The number of hydrogen-bond acceptors (Lipinski definition) is 5. The molecule has 10 heteroatoms. The average molecular weight is 451 g/mol. The number of aromatic nitrogens is 1. The fraction of sp³-hybridized carbons (Fsp3) is 0.118. The third-order valence-electron chi connectivity index (χ3n) is 3.71. The molecular weight excluding hydrogens is 436 g/mol. The number of hydrogen-bond donors (Lipinski definition) is 2. The standard InChI is InChI=1S/C17H15BrN4O4S/c1-27(25,26)22(12-8-6-11(18)7-9-12)10-15(23)20-21-16-13-4-2-3-5-14(13)19-17(16)24/h2-9,19,24H,10H2,1H3. The van der Waals surface area contributed by atoms with Crippen LogP contribution in [-0.4, -0.2) is 37.2 Å². The maximum absolute atomic E-state index is 12.2. The van der Waals surface area contributed by atoms with Crippen LogP contribution in [0.4, 0.5) is 11.4 Å². The van der Waals surface area contributed by atoms with Gasteiger partial charge in [0.25, 0.3) is 5.91 Å². The molecule has 0 unspecified atom stereocenters. The van der Waals surface area contributed by atoms with Gasteiger partial charge in [-0.15, -0.1) is 10.2 Å². The van der Waals surface area contributed by atoms with Crippen LogP contribution in [0, 0.1) is 0 Å². The molecule has 27 heavy (non-hydrogen) atoms. The Labute approximate surface area is 163 Å². The molecule has 0 spiro atoms. The zero-order valence-corrected chi connectivity index (χ0v) is 16.5. The van der Waals surface area contributed by atoms with Crippen molar-refractivity contribution in [1.82, 2.24) is 4.98 Å². The number of carbonyl (C=O) groups excluding carboxylic acids is 1. The van der Waals surface area contributed by atoms with Gasteiger partial charge in [0.2, 0.25) is 15.9 Å². The van der Waals surface area contributed by atoms with Crippen molar-refractivity contribution in [3.63, 3.8) is 0 Å². The first-order chi connectivity index (χ1) is 12.8. The Hall–Kier alpha value is -2.72. The summed E-state index contributed by atoms with van der Waals surface area (Å²) in [6.45, 7) is -0.507. The van der Waals surface area contributed by atoms with E-state index >= 15 is 0 Å². The molecule has 8 nitrogen and oxygen atoms in total. The molecule has 3 rings (SSSR count). The van der Waals surface area contributed by atoms with E-state index in [-0.39, 0.29) is 11.6 Å². The number of sulfonamides is 1. The highest BCUT2D eigenvalue weighted by Gasteiger charge is 2.21. The second-order valence-electron chi connectivity index (χ2n) is 5.71. The summed E-state index contributed by atoms with van der Waals surface area (Å²) in [5.74, 6) is -0.992. The van der Waals surface area contributed by atoms with Crippen LogP contribution in [0.3, 0.4) is 0 Å². The lowest BCUT2D eigenvalue weighted by molar-refractivity contribution is -0.116. The van der Waals surface area contributed by atoms with E-state index in [1.54, 1.807) is 48.5 Å². The summed E-state index contributed by atoms with van der Waals surface area (Å²) in [5, 5.41) is 17.9. The summed E-state index contributed by atoms with van der Waals surface area (Å²) in [4.78, 5) is 14.9. The van der Waals surface area contributed by atoms with Gasteiger partial charge in [0.15, 0.2) is 5.69 Å². The molecule has 0 atom stereocenters. The van der Waals surface area contributed by atoms with Crippen molar-refractivity contribution in [1.29, 1.82) is 0 Å². The summed E-state index contributed by atoms with van der Waals surface area (Å²) in [6.07, 6.45) is 1.00. The van der Waals surface area contributed by atoms with Gasteiger partial charge in [-0.1, -0.05) is 34.1 Å². The largest absolute Gasteiger partial charge is 0.493 e. The second kappa shape index (κ2) is 7.49. The lowest BCUT2D eigenvalue weighted by atomic mass is 10.2. The molecule has 2 aromatic carbocycles. The molecule has 0 saturated heterocycles. The number of benzene rings is 2. The van der Waals surface area contributed by atoms with Gasteiger partial charge in [-0.05, 0) is 30.3 Å². The van der Waals surface area contributed by atoms with E-state index in [0.29, 0.717) is 16.6 Å². The number of halogens is 1. The lowest BCUT2D eigenvalue weighted by Gasteiger charge is -2.20. The first-order valence-electron chi connectivity index (χ1n) is 7.73. The first-order valence-corrected chi connectivity index (χ1v) is 10.4. The molecule has 0 fully saturated rings. The number of carbonyl (C=O) groups is 1. The lowest BCUT2D eigenvalue weighted by Crippen LogP contribution is -2.34. The Morgan fingerprint density at radius 2 is 1.85 bits per heavy atom. The van der Waals surface area contributed by atoms with Crippen LogP contribution in [0.1, 0.15) is 0 Å². The SMILES string of the molecule is CS(=O)(=O)N(CC(=O)N=Nc1c(O)[nH]c2ccccc12)c1ccc(Br)cc1. The van der Waals surface area contributed by atoms with Crippen molar-refractivity contribution in [3.8, 4) is 5.88 Å². The van der Waals surface area contributed by atoms with E-state index < -0.39 is 22.5 Å². The van der Waals surface area contributed by atoms with Crippen molar-refractivity contribution in [2.24, 2.45) is 10.2 Å². The van der Waals surface area contributed by atoms with Crippen LogP contribution in [0.5, 0.6) is 5.88 Å². The Bertz CT molecular complexity index is 1120. The monoisotopic (exact) mass is 450 g/mol. The Morgan fingerprint density at radius 3 is 2.52 bits per heavy atom. The van der Waals surface area contributed by atoms with Crippen molar-refractivity contribution in [3.05, 3.63) is 53.0 Å². The quantitative estimate of drug-likeness (QED) is 0.576. The number of aromatic hydroxyl groups is 1. The number of anilines is 1. The first kappa shape index (κ1) is 19.1. The van der Waals surface area contributed by atoms with E-state index in [9.17, 15) is 18.3 Å². The van der Waals surface area contributed by atoms with E-state index in [1.807, 2.05) is 0 Å². The zero-order chi connectivity index (χ0) is 19.6. The van der Waals surface area contributed by atoms with Gasteiger partial charge in [0.1, 0.15) is 6.54 Å². The van der Waals surface area contributed by atoms with Crippen LogP contribution in [-0.2, 0) is 14.8 Å². The minimum Gasteiger partial charge on any atom is -0.493 e. The van der Waals surface area contributed by atoms with Gasteiger partial charge >= 0.3 is 0 Å². The number of nitrogens with one attached hydrogen (secondary N) is 1. The third-order valence-corrected chi connectivity index (χ3v) is 5.38.